The Balaban J connectivity index is 1.80. The summed E-state index contributed by atoms with van der Waals surface area (Å²) in [5, 5.41) is 13.4. The lowest BCUT2D eigenvalue weighted by Gasteiger charge is -2.09. The molecule has 2 rings (SSSR count). The summed E-state index contributed by atoms with van der Waals surface area (Å²) in [5.74, 6) is -1.52. The molecule has 0 radical (unpaired) electrons. The molecule has 2 aromatic rings. The van der Waals surface area contributed by atoms with Gasteiger partial charge in [-0.05, 0) is 25.1 Å². The molecule has 0 spiro atoms. The van der Waals surface area contributed by atoms with Crippen molar-refractivity contribution in [2.45, 2.75) is 19.8 Å². The van der Waals surface area contributed by atoms with Gasteiger partial charge in [0.05, 0.1) is 22.6 Å². The molecule has 1 amide bonds. The van der Waals surface area contributed by atoms with Crippen molar-refractivity contribution in [2.75, 3.05) is 11.9 Å². The Kier molecular flexibility index (Phi) is 7.39. The smallest absolute Gasteiger partial charge is 0.306 e. The Bertz CT molecular complexity index is 911. The fourth-order valence-electron chi connectivity index (χ4n) is 2.36. The molecule has 146 valence electrons. The highest BCUT2D eigenvalue weighted by Gasteiger charge is 2.16. The predicted octanol–water partition coefficient (Wildman–Crippen LogP) is 3.81. The number of anilines is 1. The number of esters is 1. The first-order valence-corrected chi connectivity index (χ1v) is 9.05. The minimum atomic E-state index is -0.684. The number of nitro benzene ring substituents is 1. The predicted molar refractivity (Wildman–Crippen MR) is 105 cm³/mol. The lowest BCUT2D eigenvalue weighted by molar-refractivity contribution is -0.385. The van der Waals surface area contributed by atoms with Crippen molar-refractivity contribution < 1.29 is 24.0 Å². The maximum atomic E-state index is 12.0. The first-order chi connectivity index (χ1) is 13.3. The van der Waals surface area contributed by atoms with E-state index in [2.05, 4.69) is 21.2 Å². The summed E-state index contributed by atoms with van der Waals surface area (Å²) < 4.78 is 5.70. The van der Waals surface area contributed by atoms with Crippen LogP contribution in [-0.4, -0.2) is 29.2 Å². The average molecular weight is 449 g/mol. The van der Waals surface area contributed by atoms with Crippen LogP contribution in [-0.2, 0) is 14.3 Å². The topological polar surface area (TPSA) is 116 Å². The van der Waals surface area contributed by atoms with E-state index in [1.807, 2.05) is 0 Å². The molecule has 28 heavy (non-hydrogen) atoms. The van der Waals surface area contributed by atoms with Gasteiger partial charge in [-0.3, -0.25) is 24.5 Å². The minimum absolute atomic E-state index is 0.0356. The second-order valence-corrected chi connectivity index (χ2v) is 6.76. The Hall–Kier alpha value is -3.07. The van der Waals surface area contributed by atoms with Crippen LogP contribution in [0.15, 0.2) is 46.9 Å². The number of nitrogens with one attached hydrogen (secondary N) is 1. The number of hydrogen-bond donors (Lipinski definition) is 1. The van der Waals surface area contributed by atoms with E-state index in [0.29, 0.717) is 11.1 Å². The van der Waals surface area contributed by atoms with Gasteiger partial charge in [0, 0.05) is 22.5 Å². The molecule has 8 nitrogen and oxygen atoms in total. The van der Waals surface area contributed by atoms with Crippen LogP contribution >= 0.6 is 15.9 Å². The van der Waals surface area contributed by atoms with Crippen molar-refractivity contribution in [3.05, 3.63) is 68.2 Å². The van der Waals surface area contributed by atoms with E-state index >= 15 is 0 Å². The molecule has 0 bridgehead atoms. The monoisotopic (exact) mass is 448 g/mol. The quantitative estimate of drug-likeness (QED) is 0.284. The van der Waals surface area contributed by atoms with Gasteiger partial charge < -0.3 is 10.1 Å². The van der Waals surface area contributed by atoms with Gasteiger partial charge in [0.25, 0.3) is 11.6 Å². The molecule has 2 aromatic carbocycles. The maximum Gasteiger partial charge on any atom is 0.306 e. The van der Waals surface area contributed by atoms with E-state index < -0.39 is 23.4 Å². The highest BCUT2D eigenvalue weighted by molar-refractivity contribution is 9.10. The molecular formula is C19H17BrN2O6. The van der Waals surface area contributed by atoms with Crippen LogP contribution in [0.25, 0.3) is 0 Å². The highest BCUT2D eigenvalue weighted by atomic mass is 79.9. The molecule has 0 saturated heterocycles. The molecule has 0 aromatic heterocycles. The SMILES string of the molecule is Cc1c(NC(=O)COC(=O)CCC(=O)c2ccc(Br)cc2)cccc1[N+](=O)[O-]. The number of nitrogens with zero attached hydrogens (tertiary/aromatic N) is 1. The fraction of sp³-hybridized carbons (Fsp3) is 0.211. The van der Waals surface area contributed by atoms with Crippen molar-refractivity contribution >= 4 is 45.0 Å². The molecular weight excluding hydrogens is 432 g/mol. The average Bonchev–Trinajstić information content (AvgIpc) is 2.66. The van der Waals surface area contributed by atoms with Gasteiger partial charge in [-0.25, -0.2) is 0 Å². The van der Waals surface area contributed by atoms with E-state index in [-0.39, 0.29) is 30.0 Å². The molecule has 0 aliphatic carbocycles. The molecule has 0 saturated carbocycles. The number of nitro groups is 1. The first kappa shape index (κ1) is 21.2. The number of rotatable bonds is 8. The van der Waals surface area contributed by atoms with Crippen LogP contribution in [0.3, 0.4) is 0 Å². The number of hydrogen-bond acceptors (Lipinski definition) is 6. The molecule has 9 heteroatoms. The molecule has 0 heterocycles. The van der Waals surface area contributed by atoms with Crippen molar-refractivity contribution in [3.63, 3.8) is 0 Å². The Morgan fingerprint density at radius 1 is 1.11 bits per heavy atom. The molecule has 0 fully saturated rings. The first-order valence-electron chi connectivity index (χ1n) is 8.26. The third kappa shape index (κ3) is 5.98. The summed E-state index contributed by atoms with van der Waals surface area (Å²) in [7, 11) is 0. The van der Waals surface area contributed by atoms with E-state index in [0.717, 1.165) is 4.47 Å². The number of amides is 1. The minimum Gasteiger partial charge on any atom is -0.456 e. The Morgan fingerprint density at radius 2 is 1.79 bits per heavy atom. The number of Topliss-reactive ketones (excluding diaryl/α,β-unsaturated/α-hetero) is 1. The lowest BCUT2D eigenvalue weighted by atomic mass is 10.1. The van der Waals surface area contributed by atoms with Crippen molar-refractivity contribution in [3.8, 4) is 0 Å². The second-order valence-electron chi connectivity index (χ2n) is 5.85. The number of carbonyl (C=O) groups excluding carboxylic acids is 3. The number of carbonyl (C=O) groups is 3. The van der Waals surface area contributed by atoms with Gasteiger partial charge in [0.15, 0.2) is 12.4 Å². The zero-order chi connectivity index (χ0) is 20.7. The normalized spacial score (nSPS) is 10.2. The fourth-order valence-corrected chi connectivity index (χ4v) is 2.62. The molecule has 1 N–H and O–H groups in total. The van der Waals surface area contributed by atoms with Crippen LogP contribution < -0.4 is 5.32 Å². The van der Waals surface area contributed by atoms with Crippen molar-refractivity contribution in [2.24, 2.45) is 0 Å². The van der Waals surface area contributed by atoms with Gasteiger partial charge in [-0.2, -0.15) is 0 Å². The van der Waals surface area contributed by atoms with Crippen LogP contribution in [0.4, 0.5) is 11.4 Å². The van der Waals surface area contributed by atoms with Crippen molar-refractivity contribution in [1.82, 2.24) is 0 Å². The van der Waals surface area contributed by atoms with Gasteiger partial charge >= 0.3 is 5.97 Å². The van der Waals surface area contributed by atoms with Gasteiger partial charge in [0.2, 0.25) is 0 Å². The van der Waals surface area contributed by atoms with Crippen molar-refractivity contribution in [1.29, 1.82) is 0 Å². The number of ketones is 1. The van der Waals surface area contributed by atoms with Gasteiger partial charge in [-0.15, -0.1) is 0 Å². The van der Waals surface area contributed by atoms with Gasteiger partial charge in [-0.1, -0.05) is 34.1 Å². The van der Waals surface area contributed by atoms with Crippen LogP contribution in [0.1, 0.15) is 28.8 Å². The molecule has 0 atom stereocenters. The van der Waals surface area contributed by atoms with Gasteiger partial charge in [0.1, 0.15) is 0 Å². The largest absolute Gasteiger partial charge is 0.456 e. The number of halogens is 1. The number of benzene rings is 2. The van der Waals surface area contributed by atoms with E-state index in [9.17, 15) is 24.5 Å². The number of ether oxygens (including phenoxy) is 1. The molecule has 0 aliphatic rings. The van der Waals surface area contributed by atoms with E-state index in [1.54, 1.807) is 24.3 Å². The zero-order valence-electron chi connectivity index (χ0n) is 14.9. The lowest BCUT2D eigenvalue weighted by Crippen LogP contribution is -2.21. The summed E-state index contributed by atoms with van der Waals surface area (Å²) in [5.41, 5.74) is 0.920. The van der Waals surface area contributed by atoms with E-state index in [4.69, 9.17) is 4.74 Å². The van der Waals surface area contributed by atoms with Crippen LogP contribution in [0.5, 0.6) is 0 Å². The summed E-state index contributed by atoms with van der Waals surface area (Å²) in [6, 6.07) is 11.0. The summed E-state index contributed by atoms with van der Waals surface area (Å²) in [4.78, 5) is 46.0. The van der Waals surface area contributed by atoms with E-state index in [1.165, 1.54) is 25.1 Å². The maximum absolute atomic E-state index is 12.0. The van der Waals surface area contributed by atoms with Crippen LogP contribution in [0, 0.1) is 17.0 Å². The highest BCUT2D eigenvalue weighted by Crippen LogP contribution is 2.24. The third-order valence-corrected chi connectivity index (χ3v) is 4.39. The summed E-state index contributed by atoms with van der Waals surface area (Å²) in [6.45, 7) is 0.959. The molecule has 0 unspecified atom stereocenters. The van der Waals surface area contributed by atoms with Crippen LogP contribution in [0.2, 0.25) is 0 Å². The summed E-state index contributed by atoms with van der Waals surface area (Å²) in [6.07, 6.45) is -0.190. The summed E-state index contributed by atoms with van der Waals surface area (Å²) >= 11 is 3.27. The third-order valence-electron chi connectivity index (χ3n) is 3.86. The second kappa shape index (κ2) is 9.75. The standard InChI is InChI=1S/C19H17BrN2O6/c1-12-15(3-2-4-16(12)22(26)27)21-18(24)11-28-19(25)10-9-17(23)13-5-7-14(20)8-6-13/h2-8H,9-11H2,1H3,(H,21,24). The Labute approximate surface area is 169 Å². The molecule has 0 aliphatic heterocycles. The zero-order valence-corrected chi connectivity index (χ0v) is 16.5. The Morgan fingerprint density at radius 3 is 2.43 bits per heavy atom.